The molecule has 2 atom stereocenters. The van der Waals surface area contributed by atoms with Crippen LogP contribution in [0.4, 0.5) is 4.39 Å². The Morgan fingerprint density at radius 1 is 1.00 bits per heavy atom. The number of aliphatic carboxylic acids is 1. The molecule has 1 fully saturated rings. The summed E-state index contributed by atoms with van der Waals surface area (Å²) < 4.78 is 18.6. The van der Waals surface area contributed by atoms with Gasteiger partial charge < -0.3 is 20.1 Å². The van der Waals surface area contributed by atoms with E-state index in [0.717, 1.165) is 11.1 Å². The maximum Gasteiger partial charge on any atom is 0.326 e. The van der Waals surface area contributed by atoms with E-state index < -0.39 is 23.8 Å². The van der Waals surface area contributed by atoms with Crippen LogP contribution in [0.15, 0.2) is 72.8 Å². The molecular formula is C27H25FN2O5. The third-order valence-electron chi connectivity index (χ3n) is 6.10. The lowest BCUT2D eigenvalue weighted by Crippen LogP contribution is -2.45. The number of nitrogens with one attached hydrogen (secondary N) is 1. The molecule has 7 nitrogen and oxygen atoms in total. The molecule has 0 unspecified atom stereocenters. The van der Waals surface area contributed by atoms with Crippen molar-refractivity contribution in [2.24, 2.45) is 0 Å². The summed E-state index contributed by atoms with van der Waals surface area (Å²) in [6.45, 7) is 1.94. The third-order valence-corrected chi connectivity index (χ3v) is 6.10. The van der Waals surface area contributed by atoms with Crippen LogP contribution in [0.1, 0.15) is 33.8 Å². The fourth-order valence-electron chi connectivity index (χ4n) is 4.29. The Kier molecular flexibility index (Phi) is 7.10. The van der Waals surface area contributed by atoms with Gasteiger partial charge in [-0.3, -0.25) is 9.59 Å². The van der Waals surface area contributed by atoms with Gasteiger partial charge in [-0.15, -0.1) is 0 Å². The van der Waals surface area contributed by atoms with Crippen LogP contribution < -0.4 is 10.1 Å². The Bertz CT molecular complexity index is 1230. The number of hydrogen-bond donors (Lipinski definition) is 2. The van der Waals surface area contributed by atoms with E-state index >= 15 is 0 Å². The summed E-state index contributed by atoms with van der Waals surface area (Å²) in [7, 11) is 0. The summed E-state index contributed by atoms with van der Waals surface area (Å²) in [6.07, 6.45) is 0.329. The minimum Gasteiger partial charge on any atom is -0.480 e. The molecule has 1 heterocycles. The van der Waals surface area contributed by atoms with E-state index in [-0.39, 0.29) is 24.8 Å². The molecule has 0 spiro atoms. The van der Waals surface area contributed by atoms with E-state index in [2.05, 4.69) is 5.32 Å². The van der Waals surface area contributed by atoms with Crippen LogP contribution in [0, 0.1) is 12.7 Å². The molecule has 8 heteroatoms. The van der Waals surface area contributed by atoms with E-state index in [1.807, 2.05) is 31.2 Å². The van der Waals surface area contributed by atoms with Gasteiger partial charge in [0.05, 0.1) is 6.54 Å². The van der Waals surface area contributed by atoms with E-state index in [9.17, 15) is 23.9 Å². The van der Waals surface area contributed by atoms with Crippen molar-refractivity contribution in [2.45, 2.75) is 25.3 Å². The Hall–Kier alpha value is -4.20. The number of hydrogen-bond acceptors (Lipinski definition) is 4. The largest absolute Gasteiger partial charge is 0.480 e. The number of likely N-dealkylation sites (tertiary alicyclic amines) is 1. The zero-order valence-corrected chi connectivity index (χ0v) is 19.1. The molecular weight excluding hydrogens is 451 g/mol. The number of carbonyl (C=O) groups excluding carboxylic acids is 2. The highest BCUT2D eigenvalue weighted by molar-refractivity contribution is 5.97. The minimum atomic E-state index is -1.06. The standard InChI is InChI=1S/C27H25FN2O5/c1-17-4-2-3-5-23(17)19-14-24(27(33)34)30(16-19)25(31)15-29-26(32)18-6-10-21(11-7-18)35-22-12-8-20(28)9-13-22/h2-13,19,24H,14-16H2,1H3,(H,29,32)(H,33,34)/t19-,24-/m0/s1. The second-order valence-electron chi connectivity index (χ2n) is 8.45. The second-order valence-corrected chi connectivity index (χ2v) is 8.45. The molecule has 0 aliphatic carbocycles. The van der Waals surface area contributed by atoms with Gasteiger partial charge in [0, 0.05) is 18.0 Å². The first-order valence-corrected chi connectivity index (χ1v) is 11.2. The predicted molar refractivity (Wildman–Crippen MR) is 127 cm³/mol. The number of carbonyl (C=O) groups is 3. The average Bonchev–Trinajstić information content (AvgIpc) is 3.30. The molecule has 0 aromatic heterocycles. The van der Waals surface area contributed by atoms with Crippen molar-refractivity contribution in [2.75, 3.05) is 13.1 Å². The maximum absolute atomic E-state index is 13.0. The van der Waals surface area contributed by atoms with E-state index in [0.29, 0.717) is 23.5 Å². The number of amides is 2. The highest BCUT2D eigenvalue weighted by atomic mass is 19.1. The Labute approximate surface area is 202 Å². The molecule has 1 aliphatic rings. The van der Waals surface area contributed by atoms with Gasteiger partial charge in [0.15, 0.2) is 0 Å². The number of ether oxygens (including phenoxy) is 1. The average molecular weight is 477 g/mol. The molecule has 0 bridgehead atoms. The van der Waals surface area contributed by atoms with Crippen LogP contribution in [0.3, 0.4) is 0 Å². The number of nitrogens with zero attached hydrogens (tertiary/aromatic N) is 1. The quantitative estimate of drug-likeness (QED) is 0.535. The summed E-state index contributed by atoms with van der Waals surface area (Å²) in [4.78, 5) is 38.5. The van der Waals surface area contributed by atoms with Gasteiger partial charge in [-0.2, -0.15) is 0 Å². The highest BCUT2D eigenvalue weighted by Crippen LogP contribution is 2.33. The van der Waals surface area contributed by atoms with E-state index in [1.54, 1.807) is 24.3 Å². The van der Waals surface area contributed by atoms with Crippen molar-refractivity contribution in [3.8, 4) is 11.5 Å². The number of rotatable bonds is 7. The second kappa shape index (κ2) is 10.4. The lowest BCUT2D eigenvalue weighted by molar-refractivity contribution is -0.147. The molecule has 35 heavy (non-hydrogen) atoms. The first-order valence-electron chi connectivity index (χ1n) is 11.2. The van der Waals surface area contributed by atoms with E-state index in [4.69, 9.17) is 4.74 Å². The first kappa shape index (κ1) is 23.9. The molecule has 180 valence electrons. The van der Waals surface area contributed by atoms with Crippen LogP contribution >= 0.6 is 0 Å². The van der Waals surface area contributed by atoms with Crippen LogP contribution in [0.5, 0.6) is 11.5 Å². The number of aryl methyl sites for hydroxylation is 1. The first-order chi connectivity index (χ1) is 16.8. The predicted octanol–water partition coefficient (Wildman–Crippen LogP) is 4.13. The zero-order chi connectivity index (χ0) is 24.9. The van der Waals surface area contributed by atoms with Gasteiger partial charge in [-0.05, 0) is 73.0 Å². The number of carboxylic acids is 1. The summed E-state index contributed by atoms with van der Waals surface area (Å²) in [5, 5.41) is 12.2. The monoisotopic (exact) mass is 476 g/mol. The van der Waals surface area contributed by atoms with Gasteiger partial charge >= 0.3 is 5.97 Å². The van der Waals surface area contributed by atoms with Crippen molar-refractivity contribution in [3.63, 3.8) is 0 Å². The molecule has 1 saturated heterocycles. The zero-order valence-electron chi connectivity index (χ0n) is 19.1. The van der Waals surface area contributed by atoms with Crippen molar-refractivity contribution >= 4 is 17.8 Å². The Morgan fingerprint density at radius 2 is 1.63 bits per heavy atom. The van der Waals surface area contributed by atoms with Crippen LogP contribution in [-0.2, 0) is 9.59 Å². The molecule has 0 saturated carbocycles. The highest BCUT2D eigenvalue weighted by Gasteiger charge is 2.40. The molecule has 2 N–H and O–H groups in total. The summed E-state index contributed by atoms with van der Waals surface area (Å²) >= 11 is 0. The summed E-state index contributed by atoms with van der Waals surface area (Å²) in [5.41, 5.74) is 2.40. The van der Waals surface area contributed by atoms with Crippen LogP contribution in [0.2, 0.25) is 0 Å². The fourth-order valence-corrected chi connectivity index (χ4v) is 4.29. The number of halogens is 1. The molecule has 0 radical (unpaired) electrons. The SMILES string of the molecule is Cc1ccccc1[C@H]1C[C@@H](C(=O)O)N(C(=O)CNC(=O)c2ccc(Oc3ccc(F)cc3)cc2)C1. The Morgan fingerprint density at radius 3 is 2.26 bits per heavy atom. The smallest absolute Gasteiger partial charge is 0.326 e. The van der Waals surface area contributed by atoms with Gasteiger partial charge in [-0.25, -0.2) is 9.18 Å². The van der Waals surface area contributed by atoms with E-state index in [1.165, 1.54) is 29.2 Å². The molecule has 2 amide bonds. The maximum atomic E-state index is 13.0. The van der Waals surface area contributed by atoms with Crippen LogP contribution in [0.25, 0.3) is 0 Å². The Balaban J connectivity index is 1.35. The normalized spacial score (nSPS) is 17.1. The van der Waals surface area contributed by atoms with Gasteiger partial charge in [0.25, 0.3) is 5.91 Å². The van der Waals surface area contributed by atoms with Crippen molar-refractivity contribution in [1.29, 1.82) is 0 Å². The number of carboxylic acid groups (broad SMARTS) is 1. The van der Waals surface area contributed by atoms with Crippen molar-refractivity contribution in [1.82, 2.24) is 10.2 Å². The lowest BCUT2D eigenvalue weighted by atomic mass is 9.93. The molecule has 3 aromatic rings. The summed E-state index contributed by atoms with van der Waals surface area (Å²) in [6, 6.07) is 18.6. The molecule has 4 rings (SSSR count). The van der Waals surface area contributed by atoms with Crippen LogP contribution in [-0.4, -0.2) is 46.9 Å². The topological polar surface area (TPSA) is 95.9 Å². The summed E-state index contributed by atoms with van der Waals surface area (Å²) in [5.74, 6) is -1.49. The van der Waals surface area contributed by atoms with Gasteiger partial charge in [0.1, 0.15) is 23.4 Å². The van der Waals surface area contributed by atoms with Gasteiger partial charge in [-0.1, -0.05) is 24.3 Å². The van der Waals surface area contributed by atoms with Crippen molar-refractivity contribution in [3.05, 3.63) is 95.3 Å². The van der Waals surface area contributed by atoms with Crippen molar-refractivity contribution < 1.29 is 28.6 Å². The third kappa shape index (κ3) is 5.66. The fraction of sp³-hybridized carbons (Fsp3) is 0.222. The van der Waals surface area contributed by atoms with Gasteiger partial charge in [0.2, 0.25) is 5.91 Å². The number of benzene rings is 3. The molecule has 1 aliphatic heterocycles. The lowest BCUT2D eigenvalue weighted by Gasteiger charge is -2.21. The minimum absolute atomic E-state index is 0.0781. The molecule has 3 aromatic carbocycles.